The van der Waals surface area contributed by atoms with Crippen LogP contribution in [0.2, 0.25) is 5.15 Å². The maximum atomic E-state index is 13.2. The molecule has 0 saturated heterocycles. The fourth-order valence-corrected chi connectivity index (χ4v) is 4.32. The molecule has 0 radical (unpaired) electrons. The van der Waals surface area contributed by atoms with E-state index in [0.29, 0.717) is 16.9 Å². The highest BCUT2D eigenvalue weighted by Gasteiger charge is 2.27. The molecule has 188 valence electrons. The number of phenols is 1. The van der Waals surface area contributed by atoms with Crippen LogP contribution >= 0.6 is 11.6 Å². The van der Waals surface area contributed by atoms with Crippen LogP contribution < -0.4 is 10.6 Å². The lowest BCUT2D eigenvalue weighted by Crippen LogP contribution is -2.31. The first-order valence-corrected chi connectivity index (χ1v) is 12.1. The second-order valence-electron chi connectivity index (χ2n) is 8.81. The molecule has 2 heterocycles. The maximum Gasteiger partial charge on any atom is 0.342 e. The van der Waals surface area contributed by atoms with Gasteiger partial charge in [-0.15, -0.1) is 0 Å². The zero-order chi connectivity index (χ0) is 25.9. The van der Waals surface area contributed by atoms with Gasteiger partial charge in [0.2, 0.25) is 0 Å². The molecule has 5 rings (SSSR count). The monoisotopic (exact) mass is 519 g/mol. The zero-order valence-electron chi connectivity index (χ0n) is 19.6. The molecule has 2 aromatic carbocycles. The average molecular weight is 520 g/mol. The first-order chi connectivity index (χ1) is 17.9. The number of pyridine rings is 1. The molecule has 10 heteroatoms. The molecular weight excluding hydrogens is 497 g/mol. The topological polar surface area (TPSA) is 109 Å². The van der Waals surface area contributed by atoms with Gasteiger partial charge in [-0.1, -0.05) is 30.2 Å². The Hall–Kier alpha value is -4.24. The van der Waals surface area contributed by atoms with Crippen molar-refractivity contribution in [2.24, 2.45) is 0 Å². The van der Waals surface area contributed by atoms with Gasteiger partial charge in [0.1, 0.15) is 16.7 Å². The Balaban J connectivity index is 1.36. The standard InChI is InChI=1S/C27H23ClFN5O3/c28-25-21(5-2-12-30-25)26(36)32-19-10-11-20(24(35)13-19)22-14-23(17-3-1-4-17)34(33-22)27(37)31-15-16-6-8-18(29)9-7-16/h2,5-14,17,35H,1,3-4,15H2,(H,31,37)(H,32,36). The summed E-state index contributed by atoms with van der Waals surface area (Å²) >= 11 is 5.99. The summed E-state index contributed by atoms with van der Waals surface area (Å²) in [5.74, 6) is -0.709. The molecule has 0 spiro atoms. The third kappa shape index (κ3) is 5.31. The van der Waals surface area contributed by atoms with Gasteiger partial charge in [0, 0.05) is 36.0 Å². The summed E-state index contributed by atoms with van der Waals surface area (Å²) in [7, 11) is 0. The molecule has 4 aromatic rings. The fraction of sp³-hybridized carbons (Fsp3) is 0.185. The highest BCUT2D eigenvalue weighted by molar-refractivity contribution is 6.33. The quantitative estimate of drug-likeness (QED) is 0.282. The molecule has 2 amide bonds. The number of hydrogen-bond donors (Lipinski definition) is 3. The zero-order valence-corrected chi connectivity index (χ0v) is 20.4. The van der Waals surface area contributed by atoms with Crippen molar-refractivity contribution >= 4 is 29.2 Å². The van der Waals surface area contributed by atoms with Crippen LogP contribution in [0.1, 0.15) is 46.8 Å². The predicted molar refractivity (Wildman–Crippen MR) is 137 cm³/mol. The average Bonchev–Trinajstić information content (AvgIpc) is 3.27. The number of nitrogens with one attached hydrogen (secondary N) is 2. The van der Waals surface area contributed by atoms with Gasteiger partial charge in [0.05, 0.1) is 17.0 Å². The predicted octanol–water partition coefficient (Wildman–Crippen LogP) is 5.72. The normalized spacial score (nSPS) is 13.1. The number of rotatable bonds is 6. The van der Waals surface area contributed by atoms with Crippen molar-refractivity contribution < 1.29 is 19.1 Å². The van der Waals surface area contributed by atoms with E-state index < -0.39 is 11.9 Å². The molecule has 0 atom stereocenters. The van der Waals surface area contributed by atoms with Crippen LogP contribution in [0.4, 0.5) is 14.9 Å². The minimum absolute atomic E-state index is 0.0765. The molecule has 0 bridgehead atoms. The van der Waals surface area contributed by atoms with Crippen LogP contribution in [0.25, 0.3) is 11.3 Å². The van der Waals surface area contributed by atoms with Crippen LogP contribution in [0.15, 0.2) is 66.9 Å². The largest absolute Gasteiger partial charge is 0.507 e. The highest BCUT2D eigenvalue weighted by atomic mass is 35.5. The van der Waals surface area contributed by atoms with Crippen molar-refractivity contribution in [1.82, 2.24) is 20.1 Å². The van der Waals surface area contributed by atoms with Crippen molar-refractivity contribution in [3.8, 4) is 17.0 Å². The Morgan fingerprint density at radius 1 is 1.11 bits per heavy atom. The van der Waals surface area contributed by atoms with Crippen LogP contribution in [0, 0.1) is 5.82 Å². The number of nitrogens with zero attached hydrogens (tertiary/aromatic N) is 3. The van der Waals surface area contributed by atoms with E-state index in [4.69, 9.17) is 11.6 Å². The molecular formula is C27H23ClFN5O3. The van der Waals surface area contributed by atoms with Crippen LogP contribution in [-0.2, 0) is 6.54 Å². The summed E-state index contributed by atoms with van der Waals surface area (Å²) in [5.41, 5.74) is 2.95. The summed E-state index contributed by atoms with van der Waals surface area (Å²) in [5, 5.41) is 20.8. The molecule has 0 unspecified atom stereocenters. The molecule has 1 aliphatic carbocycles. The van der Waals surface area contributed by atoms with E-state index in [-0.39, 0.29) is 34.7 Å². The van der Waals surface area contributed by atoms with Gasteiger partial charge < -0.3 is 15.7 Å². The first-order valence-electron chi connectivity index (χ1n) is 11.8. The number of halogens is 2. The molecule has 1 aliphatic rings. The summed E-state index contributed by atoms with van der Waals surface area (Å²) in [6, 6.07) is 15.1. The van der Waals surface area contributed by atoms with Crippen LogP contribution in [0.3, 0.4) is 0 Å². The van der Waals surface area contributed by atoms with Crippen LogP contribution in [-0.4, -0.2) is 31.8 Å². The van der Waals surface area contributed by atoms with Crippen LogP contribution in [0.5, 0.6) is 5.75 Å². The van der Waals surface area contributed by atoms with E-state index in [9.17, 15) is 19.1 Å². The van der Waals surface area contributed by atoms with E-state index >= 15 is 0 Å². The van der Waals surface area contributed by atoms with Gasteiger partial charge >= 0.3 is 6.03 Å². The molecule has 1 saturated carbocycles. The second-order valence-corrected chi connectivity index (χ2v) is 9.17. The Bertz CT molecular complexity index is 1470. The van der Waals surface area contributed by atoms with Gasteiger partial charge in [-0.3, -0.25) is 4.79 Å². The fourth-order valence-electron chi connectivity index (χ4n) is 4.12. The van der Waals surface area contributed by atoms with Crippen molar-refractivity contribution in [2.75, 3.05) is 5.32 Å². The Morgan fingerprint density at radius 3 is 2.57 bits per heavy atom. The second kappa shape index (κ2) is 10.4. The van der Waals surface area contributed by atoms with Crippen molar-refractivity contribution in [3.63, 3.8) is 0 Å². The minimum atomic E-state index is -0.459. The third-order valence-corrected chi connectivity index (χ3v) is 6.65. The van der Waals surface area contributed by atoms with E-state index in [2.05, 4.69) is 20.7 Å². The number of hydrogen-bond acceptors (Lipinski definition) is 5. The molecule has 0 aliphatic heterocycles. The number of aromatic nitrogens is 3. The lowest BCUT2D eigenvalue weighted by molar-refractivity contribution is 0.102. The molecule has 1 fully saturated rings. The number of phenolic OH excluding ortho intramolecular Hbond substituents is 1. The van der Waals surface area contributed by atoms with Gasteiger partial charge in [-0.05, 0) is 60.9 Å². The van der Waals surface area contributed by atoms with Gasteiger partial charge in [0.15, 0.2) is 0 Å². The summed E-state index contributed by atoms with van der Waals surface area (Å²) in [6.45, 7) is 0.221. The Kier molecular flexibility index (Phi) is 6.87. The van der Waals surface area contributed by atoms with Crippen molar-refractivity contribution in [3.05, 3.63) is 94.7 Å². The van der Waals surface area contributed by atoms with Gasteiger partial charge in [-0.2, -0.15) is 9.78 Å². The number of anilines is 1. The number of benzene rings is 2. The highest BCUT2D eigenvalue weighted by Crippen LogP contribution is 2.39. The van der Waals surface area contributed by atoms with Crippen molar-refractivity contribution in [2.45, 2.75) is 31.7 Å². The number of amides is 2. The Labute approximate surface area is 217 Å². The molecule has 8 nitrogen and oxygen atoms in total. The third-order valence-electron chi connectivity index (χ3n) is 6.34. The van der Waals surface area contributed by atoms with E-state index in [1.54, 1.807) is 36.4 Å². The number of aromatic hydroxyl groups is 1. The lowest BCUT2D eigenvalue weighted by atomic mass is 9.82. The minimum Gasteiger partial charge on any atom is -0.507 e. The van der Waals surface area contributed by atoms with E-state index in [0.717, 1.165) is 30.5 Å². The van der Waals surface area contributed by atoms with Crippen molar-refractivity contribution in [1.29, 1.82) is 0 Å². The first kappa shape index (κ1) is 24.5. The van der Waals surface area contributed by atoms with Gasteiger partial charge in [0.25, 0.3) is 5.91 Å². The van der Waals surface area contributed by atoms with E-state index in [1.807, 2.05) is 6.07 Å². The summed E-state index contributed by atoms with van der Waals surface area (Å²) in [6.07, 6.45) is 4.46. The molecule has 2 aromatic heterocycles. The smallest absolute Gasteiger partial charge is 0.342 e. The summed E-state index contributed by atoms with van der Waals surface area (Å²) < 4.78 is 14.5. The molecule has 3 N–H and O–H groups in total. The number of carbonyl (C=O) groups excluding carboxylic acids is 2. The van der Waals surface area contributed by atoms with Gasteiger partial charge in [-0.25, -0.2) is 14.2 Å². The van der Waals surface area contributed by atoms with E-state index in [1.165, 1.54) is 29.1 Å². The molecule has 37 heavy (non-hydrogen) atoms. The summed E-state index contributed by atoms with van der Waals surface area (Å²) in [4.78, 5) is 29.4. The number of carbonyl (C=O) groups is 2. The SMILES string of the molecule is O=C(Nc1ccc(-c2cc(C3CCC3)n(C(=O)NCc3ccc(F)cc3)n2)c(O)c1)c1cccnc1Cl. The Morgan fingerprint density at radius 2 is 1.89 bits per heavy atom. The lowest BCUT2D eigenvalue weighted by Gasteiger charge is -2.25. The maximum absolute atomic E-state index is 13.2.